The number of carbonyl (C=O) groups is 1. The quantitative estimate of drug-likeness (QED) is 0.862. The van der Waals surface area contributed by atoms with Gasteiger partial charge in [-0.15, -0.1) is 0 Å². The molecular formula is C15H20N2O3. The highest BCUT2D eigenvalue weighted by Gasteiger charge is 2.40. The molecule has 1 aliphatic carbocycles. The molecule has 5 nitrogen and oxygen atoms in total. The van der Waals surface area contributed by atoms with Crippen LogP contribution in [0.4, 0.5) is 0 Å². The lowest BCUT2D eigenvalue weighted by Crippen LogP contribution is -2.47. The number of hydrogen-bond donors (Lipinski definition) is 2. The van der Waals surface area contributed by atoms with Crippen LogP contribution in [-0.2, 0) is 4.74 Å². The third kappa shape index (κ3) is 2.77. The van der Waals surface area contributed by atoms with Crippen LogP contribution < -0.4 is 10.9 Å². The average Bonchev–Trinajstić information content (AvgIpc) is 2.87. The molecule has 2 aliphatic rings. The molecule has 0 aromatic carbocycles. The number of nitrogens with one attached hydrogen (secondary N) is 2. The van der Waals surface area contributed by atoms with Crippen molar-refractivity contribution in [3.8, 4) is 0 Å². The van der Waals surface area contributed by atoms with E-state index in [9.17, 15) is 9.59 Å². The van der Waals surface area contributed by atoms with Crippen molar-refractivity contribution < 1.29 is 9.53 Å². The monoisotopic (exact) mass is 276 g/mol. The number of carbonyl (C=O) groups excluding carboxylic acids is 1. The summed E-state index contributed by atoms with van der Waals surface area (Å²) in [4.78, 5) is 25.9. The first-order valence-corrected chi connectivity index (χ1v) is 7.30. The summed E-state index contributed by atoms with van der Waals surface area (Å²) in [5.74, 6) is -0.170. The molecule has 2 N–H and O–H groups in total. The highest BCUT2D eigenvalue weighted by atomic mass is 16.5. The van der Waals surface area contributed by atoms with Gasteiger partial charge in [-0.1, -0.05) is 12.8 Å². The molecule has 2 heterocycles. The fraction of sp³-hybridized carbons (Fsp3) is 0.600. The van der Waals surface area contributed by atoms with E-state index in [2.05, 4.69) is 10.3 Å². The number of H-pyrrole nitrogens is 1. The predicted molar refractivity (Wildman–Crippen MR) is 74.7 cm³/mol. The molecule has 2 fully saturated rings. The van der Waals surface area contributed by atoms with Gasteiger partial charge in [-0.25, -0.2) is 0 Å². The average molecular weight is 276 g/mol. The number of aromatic nitrogens is 1. The van der Waals surface area contributed by atoms with Crippen LogP contribution in [-0.4, -0.2) is 29.1 Å². The summed E-state index contributed by atoms with van der Waals surface area (Å²) in [7, 11) is 0. The van der Waals surface area contributed by atoms with Crippen molar-refractivity contribution in [2.75, 3.05) is 6.61 Å². The lowest BCUT2D eigenvalue weighted by molar-refractivity contribution is -0.0823. The molecular weight excluding hydrogens is 256 g/mol. The van der Waals surface area contributed by atoms with E-state index < -0.39 is 0 Å². The highest BCUT2D eigenvalue weighted by molar-refractivity contribution is 5.94. The molecule has 1 aromatic heterocycles. The Morgan fingerprint density at radius 1 is 1.40 bits per heavy atom. The Balaban J connectivity index is 1.65. The highest BCUT2D eigenvalue weighted by Crippen LogP contribution is 2.39. The largest absolute Gasteiger partial charge is 0.375 e. The number of ether oxygens (including phenoxy) is 1. The number of aromatic amines is 1. The van der Waals surface area contributed by atoms with Gasteiger partial charge in [0.25, 0.3) is 5.91 Å². The van der Waals surface area contributed by atoms with Crippen LogP contribution >= 0.6 is 0 Å². The Kier molecular flexibility index (Phi) is 3.61. The topological polar surface area (TPSA) is 71.2 Å². The van der Waals surface area contributed by atoms with Crippen molar-refractivity contribution in [2.24, 2.45) is 0 Å². The van der Waals surface area contributed by atoms with Crippen molar-refractivity contribution in [3.05, 3.63) is 34.2 Å². The van der Waals surface area contributed by atoms with Crippen molar-refractivity contribution in [1.29, 1.82) is 0 Å². The third-order valence-corrected chi connectivity index (χ3v) is 4.38. The van der Waals surface area contributed by atoms with Crippen LogP contribution in [0, 0.1) is 0 Å². The Labute approximate surface area is 117 Å². The number of pyridine rings is 1. The van der Waals surface area contributed by atoms with Crippen LogP contribution in [0.2, 0.25) is 0 Å². The smallest absolute Gasteiger partial charge is 0.251 e. The van der Waals surface area contributed by atoms with Gasteiger partial charge in [0.1, 0.15) is 0 Å². The zero-order chi connectivity index (χ0) is 14.0. The number of rotatable bonds is 2. The molecule has 20 heavy (non-hydrogen) atoms. The van der Waals surface area contributed by atoms with Crippen molar-refractivity contribution in [3.63, 3.8) is 0 Å². The zero-order valence-corrected chi connectivity index (χ0v) is 11.5. The summed E-state index contributed by atoms with van der Waals surface area (Å²) in [6.07, 6.45) is 7.87. The minimum absolute atomic E-state index is 0.00957. The fourth-order valence-corrected chi connectivity index (χ4v) is 3.37. The summed E-state index contributed by atoms with van der Waals surface area (Å²) in [5.41, 5.74) is 0.155. The van der Waals surface area contributed by atoms with E-state index in [-0.39, 0.29) is 23.1 Å². The Bertz CT molecular complexity index is 546. The Morgan fingerprint density at radius 3 is 2.95 bits per heavy atom. The van der Waals surface area contributed by atoms with Gasteiger partial charge in [0.15, 0.2) is 0 Å². The molecule has 1 aromatic rings. The summed E-state index contributed by atoms with van der Waals surface area (Å²) in [6.45, 7) is 0.709. The second-order valence-corrected chi connectivity index (χ2v) is 5.84. The van der Waals surface area contributed by atoms with E-state index in [4.69, 9.17) is 4.74 Å². The van der Waals surface area contributed by atoms with Crippen molar-refractivity contribution in [1.82, 2.24) is 10.3 Å². The third-order valence-electron chi connectivity index (χ3n) is 4.38. The molecule has 0 radical (unpaired) electrons. The Hall–Kier alpha value is -1.62. The number of amides is 1. The van der Waals surface area contributed by atoms with Crippen LogP contribution in [0.5, 0.6) is 0 Å². The number of hydrogen-bond acceptors (Lipinski definition) is 3. The van der Waals surface area contributed by atoms with Crippen molar-refractivity contribution >= 4 is 5.91 Å². The fourth-order valence-electron chi connectivity index (χ4n) is 3.37. The van der Waals surface area contributed by atoms with Crippen LogP contribution in [0.1, 0.15) is 48.9 Å². The van der Waals surface area contributed by atoms with E-state index in [1.54, 1.807) is 6.07 Å². The molecule has 1 saturated heterocycles. The summed E-state index contributed by atoms with van der Waals surface area (Å²) >= 11 is 0. The molecule has 1 saturated carbocycles. The van der Waals surface area contributed by atoms with E-state index in [0.717, 1.165) is 25.7 Å². The van der Waals surface area contributed by atoms with Gasteiger partial charge in [0.05, 0.1) is 5.60 Å². The molecule has 108 valence electrons. The first-order chi connectivity index (χ1) is 9.67. The second-order valence-electron chi connectivity index (χ2n) is 5.84. The van der Waals surface area contributed by atoms with Gasteiger partial charge < -0.3 is 15.0 Å². The maximum atomic E-state index is 12.2. The van der Waals surface area contributed by atoms with Gasteiger partial charge in [0.2, 0.25) is 5.56 Å². The molecule has 1 aliphatic heterocycles. The molecule has 1 atom stereocenters. The summed E-state index contributed by atoms with van der Waals surface area (Å²) in [5, 5.41) is 3.04. The van der Waals surface area contributed by atoms with Gasteiger partial charge >= 0.3 is 0 Å². The lowest BCUT2D eigenvalue weighted by Gasteiger charge is -2.38. The van der Waals surface area contributed by atoms with Gasteiger partial charge in [-0.3, -0.25) is 9.59 Å². The normalized spacial score (nSPS) is 24.7. The SMILES string of the molecule is O=C(NC1CCOC2(CCCC2)C1)c1cc[nH]c(=O)c1. The predicted octanol–water partition coefficient (Wildman–Crippen LogP) is 1.60. The van der Waals surface area contributed by atoms with Crippen molar-refractivity contribution in [2.45, 2.75) is 50.2 Å². The summed E-state index contributed by atoms with van der Waals surface area (Å²) in [6, 6.07) is 3.11. The van der Waals surface area contributed by atoms with E-state index in [1.807, 2.05) is 0 Å². The first-order valence-electron chi connectivity index (χ1n) is 7.30. The minimum atomic E-state index is -0.253. The van der Waals surface area contributed by atoms with E-state index in [0.29, 0.717) is 12.2 Å². The molecule has 0 bridgehead atoms. The maximum absolute atomic E-state index is 12.2. The van der Waals surface area contributed by atoms with Gasteiger partial charge in [-0.05, 0) is 31.7 Å². The van der Waals surface area contributed by atoms with E-state index >= 15 is 0 Å². The minimum Gasteiger partial charge on any atom is -0.375 e. The molecule has 3 rings (SSSR count). The van der Waals surface area contributed by atoms with E-state index in [1.165, 1.54) is 25.1 Å². The first kappa shape index (κ1) is 13.4. The Morgan fingerprint density at radius 2 is 2.20 bits per heavy atom. The van der Waals surface area contributed by atoms with Gasteiger partial charge in [0, 0.05) is 30.5 Å². The zero-order valence-electron chi connectivity index (χ0n) is 11.5. The van der Waals surface area contributed by atoms with Crippen LogP contribution in [0.3, 0.4) is 0 Å². The molecule has 1 amide bonds. The second kappa shape index (κ2) is 5.40. The molecule has 1 unspecified atom stereocenters. The molecule has 1 spiro atoms. The van der Waals surface area contributed by atoms with Gasteiger partial charge in [-0.2, -0.15) is 0 Å². The van der Waals surface area contributed by atoms with Crippen LogP contribution in [0.15, 0.2) is 23.1 Å². The lowest BCUT2D eigenvalue weighted by atomic mass is 9.89. The standard InChI is InChI=1S/C15H20N2O3/c18-13-9-11(3-7-16-13)14(19)17-12-4-8-20-15(10-12)5-1-2-6-15/h3,7,9,12H,1-2,4-6,8,10H2,(H,16,18)(H,17,19). The maximum Gasteiger partial charge on any atom is 0.251 e. The summed E-state index contributed by atoms with van der Waals surface area (Å²) < 4.78 is 5.96. The molecule has 5 heteroatoms. The van der Waals surface area contributed by atoms with Crippen LogP contribution in [0.25, 0.3) is 0 Å².